The van der Waals surface area contributed by atoms with Crippen molar-refractivity contribution in [2.75, 3.05) is 46.4 Å². The van der Waals surface area contributed by atoms with Crippen molar-refractivity contribution in [3.8, 4) is 0 Å². The van der Waals surface area contributed by atoms with Crippen molar-refractivity contribution >= 4 is 41.3 Å². The predicted octanol–water partition coefficient (Wildman–Crippen LogP) is 2.83. The average Bonchev–Trinajstić information content (AvgIpc) is 2.94. The Morgan fingerprint density at radius 1 is 1.26 bits per heavy atom. The largest absolute Gasteiger partial charge is 0.379 e. The molecule has 0 spiro atoms. The maximum Gasteiger partial charge on any atom is 0.191 e. The van der Waals surface area contributed by atoms with Gasteiger partial charge >= 0.3 is 0 Å². The number of aryl methyl sites for hydroxylation is 2. The molecule has 1 aliphatic heterocycles. The van der Waals surface area contributed by atoms with Gasteiger partial charge in [0.25, 0.3) is 0 Å². The first-order valence-electron chi connectivity index (χ1n) is 9.68. The molecule has 1 atom stereocenters. The van der Waals surface area contributed by atoms with Gasteiger partial charge in [0, 0.05) is 50.6 Å². The number of guanidine groups is 1. The smallest absolute Gasteiger partial charge is 0.191 e. The molecule has 2 N–H and O–H groups in total. The molecule has 0 aliphatic carbocycles. The fraction of sp³-hybridized carbons (Fsp3) is 0.789. The van der Waals surface area contributed by atoms with Gasteiger partial charge in [-0.2, -0.15) is 0 Å². The van der Waals surface area contributed by atoms with Crippen LogP contribution >= 0.6 is 35.3 Å². The molecule has 1 saturated heterocycles. The number of rotatable bonds is 8. The summed E-state index contributed by atoms with van der Waals surface area (Å²) in [4.78, 5) is 12.8. The Morgan fingerprint density at radius 3 is 2.52 bits per heavy atom. The van der Waals surface area contributed by atoms with E-state index in [-0.39, 0.29) is 24.0 Å². The number of hydrogen-bond acceptors (Lipinski definition) is 5. The number of thiazole rings is 1. The highest BCUT2D eigenvalue weighted by Gasteiger charge is 2.22. The molecule has 8 heteroatoms. The van der Waals surface area contributed by atoms with E-state index in [2.05, 4.69) is 53.2 Å². The second kappa shape index (κ2) is 12.9. The van der Waals surface area contributed by atoms with Crippen LogP contribution < -0.4 is 10.6 Å². The van der Waals surface area contributed by atoms with E-state index in [0.29, 0.717) is 12.0 Å². The summed E-state index contributed by atoms with van der Waals surface area (Å²) < 4.78 is 5.51. The summed E-state index contributed by atoms with van der Waals surface area (Å²) in [6.45, 7) is 14.2. The predicted molar refractivity (Wildman–Crippen MR) is 126 cm³/mol. The zero-order valence-corrected chi connectivity index (χ0v) is 20.5. The van der Waals surface area contributed by atoms with Crippen molar-refractivity contribution < 1.29 is 4.74 Å². The lowest BCUT2D eigenvalue weighted by Crippen LogP contribution is -2.51. The molecule has 1 aromatic heterocycles. The minimum Gasteiger partial charge on any atom is -0.379 e. The van der Waals surface area contributed by atoms with E-state index in [1.54, 1.807) is 11.3 Å². The Hall–Kier alpha value is -0.450. The number of nitrogens with one attached hydrogen (secondary N) is 2. The van der Waals surface area contributed by atoms with Gasteiger partial charge < -0.3 is 15.4 Å². The van der Waals surface area contributed by atoms with Crippen LogP contribution in [0.25, 0.3) is 0 Å². The van der Waals surface area contributed by atoms with Crippen LogP contribution in [-0.2, 0) is 11.2 Å². The molecule has 0 amide bonds. The summed E-state index contributed by atoms with van der Waals surface area (Å²) in [5.74, 6) is 1.56. The summed E-state index contributed by atoms with van der Waals surface area (Å²) in [7, 11) is 1.84. The van der Waals surface area contributed by atoms with Crippen LogP contribution in [-0.4, -0.2) is 68.3 Å². The van der Waals surface area contributed by atoms with E-state index in [1.165, 1.54) is 11.3 Å². The molecule has 0 saturated carbocycles. The number of morpholine rings is 1. The second-order valence-electron chi connectivity index (χ2n) is 7.30. The lowest BCUT2D eigenvalue weighted by Gasteiger charge is -2.35. The van der Waals surface area contributed by atoms with Gasteiger partial charge in [-0.05, 0) is 26.2 Å². The maximum atomic E-state index is 5.51. The third-order valence-corrected chi connectivity index (χ3v) is 5.81. The van der Waals surface area contributed by atoms with Crippen LogP contribution in [0.15, 0.2) is 4.99 Å². The van der Waals surface area contributed by atoms with Crippen molar-refractivity contribution in [1.29, 1.82) is 0 Å². The van der Waals surface area contributed by atoms with E-state index < -0.39 is 0 Å². The Balaban J connectivity index is 0.00000364. The monoisotopic (exact) mass is 509 g/mol. The second-order valence-corrected chi connectivity index (χ2v) is 8.59. The molecule has 0 radical (unpaired) electrons. The highest BCUT2D eigenvalue weighted by atomic mass is 127. The quantitative estimate of drug-likeness (QED) is 0.321. The molecular formula is C19H36IN5OS. The van der Waals surface area contributed by atoms with E-state index in [9.17, 15) is 0 Å². The number of ether oxygens (including phenoxy) is 1. The van der Waals surface area contributed by atoms with E-state index in [0.717, 1.165) is 62.5 Å². The lowest BCUT2D eigenvalue weighted by molar-refractivity contribution is 0.0132. The Morgan fingerprint density at radius 2 is 1.96 bits per heavy atom. The number of nitrogens with zero attached hydrogens (tertiary/aromatic N) is 3. The Bertz CT molecular complexity index is 572. The van der Waals surface area contributed by atoms with Gasteiger partial charge in [-0.1, -0.05) is 13.8 Å². The van der Waals surface area contributed by atoms with E-state index >= 15 is 0 Å². The molecule has 27 heavy (non-hydrogen) atoms. The first-order valence-corrected chi connectivity index (χ1v) is 10.5. The zero-order valence-electron chi connectivity index (χ0n) is 17.4. The van der Waals surface area contributed by atoms with Gasteiger partial charge in [0.1, 0.15) is 0 Å². The molecule has 1 fully saturated rings. The van der Waals surface area contributed by atoms with Crippen molar-refractivity contribution in [2.24, 2.45) is 10.9 Å². The lowest BCUT2D eigenvalue weighted by atomic mass is 10.0. The summed E-state index contributed by atoms with van der Waals surface area (Å²) >= 11 is 1.79. The number of halogens is 1. The normalized spacial score (nSPS) is 16.9. The zero-order chi connectivity index (χ0) is 18.9. The average molecular weight is 510 g/mol. The molecule has 1 aliphatic rings. The highest BCUT2D eigenvalue weighted by Crippen LogP contribution is 2.17. The van der Waals surface area contributed by atoms with Gasteiger partial charge in [-0.15, -0.1) is 35.3 Å². The van der Waals surface area contributed by atoms with Crippen LogP contribution in [0, 0.1) is 19.8 Å². The summed E-state index contributed by atoms with van der Waals surface area (Å²) in [5.41, 5.74) is 1.15. The van der Waals surface area contributed by atoms with Gasteiger partial charge in [-0.25, -0.2) is 4.98 Å². The Kier molecular flexibility index (Phi) is 11.7. The van der Waals surface area contributed by atoms with E-state index in [4.69, 9.17) is 4.74 Å². The summed E-state index contributed by atoms with van der Waals surface area (Å²) in [6, 6.07) is 0.517. The van der Waals surface area contributed by atoms with Gasteiger partial charge in [-0.3, -0.25) is 9.89 Å². The minimum atomic E-state index is 0. The standard InChI is InChI=1S/C19H35N5OS.HI/c1-14(2)12-17(24-8-10-25-11-9-24)13-22-19(20-5)21-7-6-18-15(3)23-16(4)26-18;/h14,17H,6-13H2,1-5H3,(H2,20,21,22);1H. The summed E-state index contributed by atoms with van der Waals surface area (Å²) in [6.07, 6.45) is 2.17. The Labute approximate surface area is 185 Å². The first kappa shape index (κ1) is 24.6. The fourth-order valence-electron chi connectivity index (χ4n) is 3.38. The molecule has 1 unspecified atom stereocenters. The van der Waals surface area contributed by atoms with Crippen molar-refractivity contribution in [2.45, 2.75) is 46.6 Å². The first-order chi connectivity index (χ1) is 12.5. The van der Waals surface area contributed by atoms with Crippen LogP contribution in [0.4, 0.5) is 0 Å². The molecule has 2 heterocycles. The number of aliphatic imine (C=N–C) groups is 1. The molecular weight excluding hydrogens is 473 g/mol. The minimum absolute atomic E-state index is 0. The van der Waals surface area contributed by atoms with Crippen LogP contribution in [0.5, 0.6) is 0 Å². The SMILES string of the molecule is CN=C(NCCc1sc(C)nc1C)NCC(CC(C)C)N1CCOCC1.I. The molecule has 0 aromatic carbocycles. The fourth-order valence-corrected chi connectivity index (χ4v) is 4.32. The van der Waals surface area contributed by atoms with Crippen LogP contribution in [0.3, 0.4) is 0 Å². The van der Waals surface area contributed by atoms with Gasteiger partial charge in [0.15, 0.2) is 5.96 Å². The number of aromatic nitrogens is 1. The topological polar surface area (TPSA) is 61.8 Å². The van der Waals surface area contributed by atoms with Crippen molar-refractivity contribution in [3.63, 3.8) is 0 Å². The third kappa shape index (κ3) is 8.62. The highest BCUT2D eigenvalue weighted by molar-refractivity contribution is 14.0. The molecule has 0 bridgehead atoms. The van der Waals surface area contributed by atoms with Crippen LogP contribution in [0.1, 0.15) is 35.8 Å². The molecule has 1 aromatic rings. The van der Waals surface area contributed by atoms with Gasteiger partial charge in [0.2, 0.25) is 0 Å². The summed E-state index contributed by atoms with van der Waals surface area (Å²) in [5, 5.41) is 8.10. The maximum absolute atomic E-state index is 5.51. The van der Waals surface area contributed by atoms with Crippen molar-refractivity contribution in [1.82, 2.24) is 20.5 Å². The third-order valence-electron chi connectivity index (χ3n) is 4.68. The van der Waals surface area contributed by atoms with E-state index in [1.807, 2.05) is 7.05 Å². The molecule has 156 valence electrons. The molecule has 2 rings (SSSR count). The van der Waals surface area contributed by atoms with Crippen LogP contribution in [0.2, 0.25) is 0 Å². The van der Waals surface area contributed by atoms with Gasteiger partial charge in [0.05, 0.1) is 23.9 Å². The molecule has 6 nitrogen and oxygen atoms in total. The van der Waals surface area contributed by atoms with Crippen molar-refractivity contribution in [3.05, 3.63) is 15.6 Å². The number of hydrogen-bond donors (Lipinski definition) is 2.